The van der Waals surface area contributed by atoms with Gasteiger partial charge in [0.2, 0.25) is 0 Å². The van der Waals surface area contributed by atoms with Gasteiger partial charge in [-0.3, -0.25) is 0 Å². The molecule has 1 saturated heterocycles. The molecule has 1 aliphatic rings. The van der Waals surface area contributed by atoms with Crippen LogP contribution in [0, 0.1) is 0 Å². The molecular weight excluding hydrogens is 172 g/mol. The maximum atomic E-state index is 10.9. The van der Waals surface area contributed by atoms with E-state index < -0.39 is 6.09 Å². The van der Waals surface area contributed by atoms with Gasteiger partial charge < -0.3 is 9.47 Å². The highest BCUT2D eigenvalue weighted by Crippen LogP contribution is 2.04. The fourth-order valence-electron chi connectivity index (χ4n) is 1.10. The van der Waals surface area contributed by atoms with Gasteiger partial charge in [-0.2, -0.15) is 5.10 Å². The Kier molecular flexibility index (Phi) is 3.70. The molecule has 0 aromatic rings. The number of carbonyl (C=O) groups excluding carboxylic acids is 1. The minimum atomic E-state index is -0.460. The van der Waals surface area contributed by atoms with Gasteiger partial charge in [0.15, 0.2) is 0 Å². The first-order valence-corrected chi connectivity index (χ1v) is 4.20. The number of carbonyl (C=O) groups is 1. The summed E-state index contributed by atoms with van der Waals surface area (Å²) in [7, 11) is 2.89. The number of rotatable bonds is 1. The minimum Gasteiger partial charge on any atom is -0.451 e. The number of hydrogen-bond donors (Lipinski definition) is 0. The second-order valence-electron chi connectivity index (χ2n) is 2.82. The lowest BCUT2D eigenvalue weighted by Gasteiger charge is -2.16. The molecule has 0 saturated carbocycles. The molecule has 0 aliphatic carbocycles. The zero-order chi connectivity index (χ0) is 9.68. The van der Waals surface area contributed by atoms with Gasteiger partial charge in [0.25, 0.3) is 0 Å². The summed E-state index contributed by atoms with van der Waals surface area (Å²) in [5.74, 6) is 0. The molecule has 1 aliphatic heterocycles. The molecule has 0 bridgehead atoms. The number of ether oxygens (including phenoxy) is 2. The van der Waals surface area contributed by atoms with Crippen molar-refractivity contribution in [2.75, 3.05) is 27.4 Å². The van der Waals surface area contributed by atoms with Crippen LogP contribution >= 0.6 is 0 Å². The number of nitrogens with zero attached hydrogens (tertiary/aromatic N) is 2. The third-order valence-corrected chi connectivity index (χ3v) is 1.75. The lowest BCUT2D eigenvalue weighted by Crippen LogP contribution is -2.26. The summed E-state index contributed by atoms with van der Waals surface area (Å²) in [6.07, 6.45) is 1.40. The Labute approximate surface area is 77.3 Å². The first kappa shape index (κ1) is 9.98. The Morgan fingerprint density at radius 2 is 2.46 bits per heavy atom. The van der Waals surface area contributed by atoms with Crippen molar-refractivity contribution in [3.8, 4) is 0 Å². The van der Waals surface area contributed by atoms with Crippen LogP contribution in [-0.4, -0.2) is 44.2 Å². The van der Waals surface area contributed by atoms with Crippen LogP contribution in [0.5, 0.6) is 0 Å². The molecule has 1 heterocycles. The van der Waals surface area contributed by atoms with Gasteiger partial charge in [0.1, 0.15) is 0 Å². The molecular formula is C8H14N2O3. The Morgan fingerprint density at radius 3 is 3.00 bits per heavy atom. The molecule has 1 fully saturated rings. The largest absolute Gasteiger partial charge is 0.451 e. The molecule has 13 heavy (non-hydrogen) atoms. The van der Waals surface area contributed by atoms with Crippen molar-refractivity contribution < 1.29 is 14.3 Å². The van der Waals surface area contributed by atoms with Gasteiger partial charge in [-0.1, -0.05) is 0 Å². The Balaban J connectivity index is 2.47. The first-order valence-electron chi connectivity index (χ1n) is 4.20. The summed E-state index contributed by atoms with van der Waals surface area (Å²) in [5, 5.41) is 5.24. The van der Waals surface area contributed by atoms with Gasteiger partial charge >= 0.3 is 6.09 Å². The summed E-state index contributed by atoms with van der Waals surface area (Å²) in [4.78, 5) is 10.9. The highest BCUT2D eigenvalue weighted by Gasteiger charge is 2.11. The average Bonchev–Trinajstić information content (AvgIpc) is 2.18. The predicted octanol–water partition coefficient (Wildman–Crippen LogP) is 0.851. The lowest BCUT2D eigenvalue weighted by atomic mass is 10.2. The molecule has 0 spiro atoms. The molecule has 0 unspecified atom stereocenters. The molecule has 0 atom stereocenters. The molecule has 1 rings (SSSR count). The van der Waals surface area contributed by atoms with E-state index >= 15 is 0 Å². The van der Waals surface area contributed by atoms with Crippen molar-refractivity contribution in [2.24, 2.45) is 5.10 Å². The summed E-state index contributed by atoms with van der Waals surface area (Å²) in [6, 6.07) is 0. The summed E-state index contributed by atoms with van der Waals surface area (Å²) in [6.45, 7) is 1.29. The van der Waals surface area contributed by atoms with Gasteiger partial charge in [0.05, 0.1) is 19.4 Å². The van der Waals surface area contributed by atoms with E-state index in [-0.39, 0.29) is 0 Å². The fourth-order valence-corrected chi connectivity index (χ4v) is 1.10. The van der Waals surface area contributed by atoms with Gasteiger partial charge in [-0.25, -0.2) is 9.80 Å². The standard InChI is InChI=1S/C8H14N2O3/c1-10(8(11)12-2)9-7-4-3-5-13-6-7/h3-6H2,1-2H3/b9-7-. The molecule has 0 aromatic heterocycles. The van der Waals surface area contributed by atoms with Gasteiger partial charge in [-0.15, -0.1) is 0 Å². The molecule has 74 valence electrons. The molecule has 0 radical (unpaired) electrons. The van der Waals surface area contributed by atoms with Crippen molar-refractivity contribution in [1.82, 2.24) is 5.01 Å². The SMILES string of the molecule is COC(=O)N(C)/N=C1/CCCOC1. The summed E-state index contributed by atoms with van der Waals surface area (Å²) in [5.41, 5.74) is 0.888. The van der Waals surface area contributed by atoms with E-state index in [1.54, 1.807) is 7.05 Å². The lowest BCUT2D eigenvalue weighted by molar-refractivity contribution is 0.130. The molecule has 5 nitrogen and oxygen atoms in total. The van der Waals surface area contributed by atoms with E-state index in [2.05, 4.69) is 9.84 Å². The van der Waals surface area contributed by atoms with E-state index in [9.17, 15) is 4.79 Å². The van der Waals surface area contributed by atoms with Crippen LogP contribution in [0.3, 0.4) is 0 Å². The quantitative estimate of drug-likeness (QED) is 0.570. The third kappa shape index (κ3) is 3.02. The third-order valence-electron chi connectivity index (χ3n) is 1.75. The predicted molar refractivity (Wildman–Crippen MR) is 47.7 cm³/mol. The van der Waals surface area contributed by atoms with Crippen LogP contribution in [0.25, 0.3) is 0 Å². The molecule has 0 N–H and O–H groups in total. The zero-order valence-corrected chi connectivity index (χ0v) is 7.95. The Bertz CT molecular complexity index is 207. The fraction of sp³-hybridized carbons (Fsp3) is 0.750. The average molecular weight is 186 g/mol. The van der Waals surface area contributed by atoms with Crippen LogP contribution in [0.2, 0.25) is 0 Å². The van der Waals surface area contributed by atoms with Crippen molar-refractivity contribution in [3.05, 3.63) is 0 Å². The highest BCUT2D eigenvalue weighted by atomic mass is 16.5. The number of hydrazone groups is 1. The number of amides is 1. The van der Waals surface area contributed by atoms with Crippen LogP contribution < -0.4 is 0 Å². The van der Waals surface area contributed by atoms with Crippen molar-refractivity contribution >= 4 is 11.8 Å². The van der Waals surface area contributed by atoms with Crippen molar-refractivity contribution in [3.63, 3.8) is 0 Å². The van der Waals surface area contributed by atoms with E-state index in [1.165, 1.54) is 12.1 Å². The highest BCUT2D eigenvalue weighted by molar-refractivity contribution is 5.87. The van der Waals surface area contributed by atoms with Crippen LogP contribution in [0.4, 0.5) is 4.79 Å². The van der Waals surface area contributed by atoms with Crippen LogP contribution in [0.15, 0.2) is 5.10 Å². The molecule has 1 amide bonds. The smallest absolute Gasteiger partial charge is 0.429 e. The molecule has 0 aromatic carbocycles. The van der Waals surface area contributed by atoms with E-state index in [4.69, 9.17) is 4.74 Å². The molecule has 5 heteroatoms. The Morgan fingerprint density at radius 1 is 1.69 bits per heavy atom. The van der Waals surface area contributed by atoms with E-state index in [1.807, 2.05) is 0 Å². The maximum Gasteiger partial charge on any atom is 0.429 e. The summed E-state index contributed by atoms with van der Waals surface area (Å²) >= 11 is 0. The minimum absolute atomic E-state index is 0.460. The summed E-state index contributed by atoms with van der Waals surface area (Å²) < 4.78 is 9.68. The maximum absolute atomic E-state index is 10.9. The van der Waals surface area contributed by atoms with Gasteiger partial charge in [0, 0.05) is 13.7 Å². The van der Waals surface area contributed by atoms with Crippen LogP contribution in [0.1, 0.15) is 12.8 Å². The zero-order valence-electron chi connectivity index (χ0n) is 7.95. The van der Waals surface area contributed by atoms with Crippen LogP contribution in [-0.2, 0) is 9.47 Å². The van der Waals surface area contributed by atoms with Crippen molar-refractivity contribution in [1.29, 1.82) is 0 Å². The van der Waals surface area contributed by atoms with Crippen molar-refractivity contribution in [2.45, 2.75) is 12.8 Å². The Hall–Kier alpha value is -1.10. The first-order chi connectivity index (χ1) is 6.24. The van der Waals surface area contributed by atoms with Gasteiger partial charge in [-0.05, 0) is 12.8 Å². The topological polar surface area (TPSA) is 51.1 Å². The van der Waals surface area contributed by atoms with E-state index in [0.29, 0.717) is 6.61 Å². The second kappa shape index (κ2) is 4.81. The van der Waals surface area contributed by atoms with E-state index in [0.717, 1.165) is 25.2 Å². The normalized spacial score (nSPS) is 20.0. The second-order valence-corrected chi connectivity index (χ2v) is 2.82. The monoisotopic (exact) mass is 186 g/mol. The number of hydrogen-bond acceptors (Lipinski definition) is 4. The number of methoxy groups -OCH3 is 1.